The highest BCUT2D eigenvalue weighted by molar-refractivity contribution is 5.91. The van der Waals surface area contributed by atoms with Crippen molar-refractivity contribution in [3.05, 3.63) is 29.8 Å². The van der Waals surface area contributed by atoms with Crippen molar-refractivity contribution in [1.29, 1.82) is 0 Å². The molecule has 0 amide bonds. The minimum Gasteiger partial charge on any atom is -0.493 e. The average molecular weight is 371 g/mol. The number of anilines is 1. The highest BCUT2D eigenvalue weighted by atomic mass is 19.4. The number of aryl methyl sites for hydroxylation is 3. The van der Waals surface area contributed by atoms with Crippen molar-refractivity contribution < 1.29 is 18.3 Å². The average Bonchev–Trinajstić information content (AvgIpc) is 2.99. The minimum absolute atomic E-state index is 0.0115. The van der Waals surface area contributed by atoms with Crippen molar-refractivity contribution >= 4 is 11.8 Å². The van der Waals surface area contributed by atoms with E-state index < -0.39 is 12.7 Å². The third kappa shape index (κ3) is 6.57. The maximum Gasteiger partial charge on any atom is 0.408 e. The van der Waals surface area contributed by atoms with Crippen molar-refractivity contribution in [3.8, 4) is 5.88 Å². The normalized spacial score (nSPS) is 12.4. The topological polar surface area (TPSA) is 114 Å². The van der Waals surface area contributed by atoms with Gasteiger partial charge in [-0.15, -0.1) is 0 Å². The van der Waals surface area contributed by atoms with Gasteiger partial charge in [-0.2, -0.15) is 23.3 Å². The molecular weight excluding hydrogens is 351 g/mol. The van der Waals surface area contributed by atoms with Crippen LogP contribution in [0.25, 0.3) is 0 Å². The lowest BCUT2D eigenvalue weighted by atomic mass is 10.2. The summed E-state index contributed by atoms with van der Waals surface area (Å²) in [4.78, 5) is 11.3. The number of nitrogens with two attached hydrogens (primary N) is 1. The summed E-state index contributed by atoms with van der Waals surface area (Å²) in [6.07, 6.45) is 1.07. The van der Waals surface area contributed by atoms with Crippen LogP contribution in [-0.4, -0.2) is 43.5 Å². The first-order valence-electron chi connectivity index (χ1n) is 7.91. The van der Waals surface area contributed by atoms with Gasteiger partial charge in [0.15, 0.2) is 11.8 Å². The molecule has 0 saturated carbocycles. The first-order valence-corrected chi connectivity index (χ1v) is 7.91. The highest BCUT2D eigenvalue weighted by Gasteiger charge is 2.26. The summed E-state index contributed by atoms with van der Waals surface area (Å²) in [5, 5.41) is 16.2. The SMILES string of the molecule is Cc1cnc(CCCCn2ccc(N/C(N)=N\CC(F)(F)F)n2)nc1O. The summed E-state index contributed by atoms with van der Waals surface area (Å²) in [6.45, 7) is 0.991. The number of alkyl halides is 3. The van der Waals surface area contributed by atoms with Crippen LogP contribution in [0.2, 0.25) is 0 Å². The zero-order valence-corrected chi connectivity index (χ0v) is 14.2. The number of aromatic hydroxyl groups is 1. The van der Waals surface area contributed by atoms with Gasteiger partial charge in [0.05, 0.1) is 0 Å². The van der Waals surface area contributed by atoms with Crippen molar-refractivity contribution in [2.24, 2.45) is 10.7 Å². The predicted octanol–water partition coefficient (Wildman–Crippen LogP) is 2.00. The fourth-order valence-corrected chi connectivity index (χ4v) is 2.04. The number of hydrogen-bond acceptors (Lipinski definition) is 5. The van der Waals surface area contributed by atoms with E-state index in [2.05, 4.69) is 25.4 Å². The smallest absolute Gasteiger partial charge is 0.408 e. The molecule has 2 aromatic rings. The van der Waals surface area contributed by atoms with Gasteiger partial charge in [0, 0.05) is 37.0 Å². The van der Waals surface area contributed by atoms with E-state index in [4.69, 9.17) is 5.73 Å². The van der Waals surface area contributed by atoms with Crippen molar-refractivity contribution in [1.82, 2.24) is 19.7 Å². The predicted molar refractivity (Wildman–Crippen MR) is 89.8 cm³/mol. The molecule has 0 aliphatic heterocycles. The molecule has 0 aliphatic rings. The lowest BCUT2D eigenvalue weighted by molar-refractivity contribution is -0.118. The largest absolute Gasteiger partial charge is 0.493 e. The van der Waals surface area contributed by atoms with Gasteiger partial charge < -0.3 is 16.2 Å². The molecule has 0 bridgehead atoms. The maximum absolute atomic E-state index is 12.1. The molecule has 0 aliphatic carbocycles. The van der Waals surface area contributed by atoms with E-state index in [0.29, 0.717) is 30.2 Å². The molecule has 0 atom stereocenters. The molecule has 0 aromatic carbocycles. The quantitative estimate of drug-likeness (QED) is 0.390. The summed E-state index contributed by atoms with van der Waals surface area (Å²) in [7, 11) is 0. The van der Waals surface area contributed by atoms with Crippen LogP contribution >= 0.6 is 0 Å². The maximum atomic E-state index is 12.1. The second-order valence-corrected chi connectivity index (χ2v) is 5.66. The van der Waals surface area contributed by atoms with Crippen molar-refractivity contribution in [2.45, 2.75) is 38.9 Å². The molecule has 2 heterocycles. The van der Waals surface area contributed by atoms with E-state index in [0.717, 1.165) is 12.8 Å². The van der Waals surface area contributed by atoms with Crippen LogP contribution in [0.15, 0.2) is 23.5 Å². The number of rotatable bonds is 7. The molecule has 2 aromatic heterocycles. The lowest BCUT2D eigenvalue weighted by Gasteiger charge is -2.05. The van der Waals surface area contributed by atoms with Crippen LogP contribution < -0.4 is 11.1 Å². The molecule has 26 heavy (non-hydrogen) atoms. The van der Waals surface area contributed by atoms with Gasteiger partial charge in [-0.3, -0.25) is 4.68 Å². The summed E-state index contributed by atoms with van der Waals surface area (Å²) in [6, 6.07) is 1.59. The molecule has 0 spiro atoms. The number of halogens is 3. The zero-order valence-electron chi connectivity index (χ0n) is 14.2. The number of unbranched alkanes of at least 4 members (excludes halogenated alkanes) is 1. The van der Waals surface area contributed by atoms with E-state index in [1.807, 2.05) is 0 Å². The first kappa shape index (κ1) is 19.5. The van der Waals surface area contributed by atoms with Gasteiger partial charge in [0.25, 0.3) is 0 Å². The third-order valence-corrected chi connectivity index (χ3v) is 3.36. The van der Waals surface area contributed by atoms with Crippen LogP contribution in [0.5, 0.6) is 5.88 Å². The summed E-state index contributed by atoms with van der Waals surface area (Å²) in [5.41, 5.74) is 6.01. The molecule has 0 saturated heterocycles. The Kier molecular flexibility index (Phi) is 6.36. The molecule has 4 N–H and O–H groups in total. The second kappa shape index (κ2) is 8.50. The first-order chi connectivity index (χ1) is 12.2. The van der Waals surface area contributed by atoms with Crippen LogP contribution in [-0.2, 0) is 13.0 Å². The highest BCUT2D eigenvalue weighted by Crippen LogP contribution is 2.14. The number of aromatic nitrogens is 4. The molecular formula is C15H20F3N7O. The van der Waals surface area contributed by atoms with Gasteiger partial charge in [-0.05, 0) is 19.8 Å². The van der Waals surface area contributed by atoms with Crippen LogP contribution in [0, 0.1) is 6.92 Å². The molecule has 0 unspecified atom stereocenters. The Morgan fingerprint density at radius 3 is 2.85 bits per heavy atom. The van der Waals surface area contributed by atoms with E-state index in [9.17, 15) is 18.3 Å². The minimum atomic E-state index is -4.40. The zero-order chi connectivity index (χ0) is 19.2. The third-order valence-electron chi connectivity index (χ3n) is 3.36. The molecule has 2 rings (SSSR count). The van der Waals surface area contributed by atoms with Crippen LogP contribution in [0.4, 0.5) is 19.0 Å². The van der Waals surface area contributed by atoms with Gasteiger partial charge >= 0.3 is 6.18 Å². The number of nitrogens with one attached hydrogen (secondary N) is 1. The summed E-state index contributed by atoms with van der Waals surface area (Å²) < 4.78 is 37.8. The van der Waals surface area contributed by atoms with E-state index in [1.54, 1.807) is 30.1 Å². The number of guanidine groups is 1. The fraction of sp³-hybridized carbons (Fsp3) is 0.467. The number of hydrogen-bond donors (Lipinski definition) is 3. The second-order valence-electron chi connectivity index (χ2n) is 5.66. The number of aliphatic imine (C=N–C) groups is 1. The summed E-state index contributed by atoms with van der Waals surface area (Å²) in [5.74, 6) is 0.538. The monoisotopic (exact) mass is 371 g/mol. The van der Waals surface area contributed by atoms with Gasteiger partial charge in [-0.25, -0.2) is 9.98 Å². The Balaban J connectivity index is 1.75. The Labute approximate surface area is 148 Å². The van der Waals surface area contributed by atoms with Crippen molar-refractivity contribution in [3.63, 3.8) is 0 Å². The molecule has 11 heteroatoms. The van der Waals surface area contributed by atoms with E-state index in [-0.39, 0.29) is 11.8 Å². The molecule has 8 nitrogen and oxygen atoms in total. The van der Waals surface area contributed by atoms with Crippen LogP contribution in [0.3, 0.4) is 0 Å². The van der Waals surface area contributed by atoms with Gasteiger partial charge in [0.2, 0.25) is 5.88 Å². The molecule has 0 radical (unpaired) electrons. The van der Waals surface area contributed by atoms with Crippen LogP contribution in [0.1, 0.15) is 24.2 Å². The van der Waals surface area contributed by atoms with E-state index in [1.165, 1.54) is 0 Å². The Morgan fingerprint density at radius 1 is 1.38 bits per heavy atom. The van der Waals surface area contributed by atoms with Gasteiger partial charge in [0.1, 0.15) is 12.4 Å². The van der Waals surface area contributed by atoms with E-state index >= 15 is 0 Å². The molecule has 142 valence electrons. The Morgan fingerprint density at radius 2 is 2.15 bits per heavy atom. The number of nitrogens with zero attached hydrogens (tertiary/aromatic N) is 5. The van der Waals surface area contributed by atoms with Crippen molar-refractivity contribution in [2.75, 3.05) is 11.9 Å². The fourth-order valence-electron chi connectivity index (χ4n) is 2.04. The Hall–Kier alpha value is -2.85. The molecule has 0 fully saturated rings. The standard InChI is InChI=1S/C15H20F3N7O/c1-10-8-20-11(22-13(10)26)4-2-3-6-25-7-5-12(24-25)23-14(19)21-9-15(16,17)18/h5,7-8H,2-4,6,9H2,1H3,(H,20,22,26)(H3,19,21,23,24). The Bertz CT molecular complexity index is 758. The lowest BCUT2D eigenvalue weighted by Crippen LogP contribution is -2.25. The summed E-state index contributed by atoms with van der Waals surface area (Å²) >= 11 is 0. The van der Waals surface area contributed by atoms with Gasteiger partial charge in [-0.1, -0.05) is 0 Å².